The van der Waals surface area contributed by atoms with Gasteiger partial charge < -0.3 is 4.57 Å². The lowest BCUT2D eigenvalue weighted by Crippen LogP contribution is -1.99. The fourth-order valence-electron chi connectivity index (χ4n) is 8.40. The van der Waals surface area contributed by atoms with Crippen molar-refractivity contribution in [1.82, 2.24) is 14.1 Å². The largest absolute Gasteiger partial charge is 0.309 e. The molecule has 0 saturated heterocycles. The maximum Gasteiger partial charge on any atom is 0.138 e. The number of pyridine rings is 1. The quantitative estimate of drug-likeness (QED) is 0.177. The average Bonchev–Trinajstić information content (AvgIpc) is 3.76. The summed E-state index contributed by atoms with van der Waals surface area (Å²) in [4.78, 5) is 5.34. The van der Waals surface area contributed by atoms with Gasteiger partial charge in [0.2, 0.25) is 0 Å². The molecule has 0 aliphatic heterocycles. The molecule has 0 atom stereocenters. The monoisotopic (exact) mass is 687 g/mol. The van der Waals surface area contributed by atoms with E-state index in [0.717, 1.165) is 27.8 Å². The number of fused-ring (bicyclic) bond motifs is 7. The topological polar surface area (TPSA) is 22.8 Å². The van der Waals surface area contributed by atoms with Gasteiger partial charge >= 0.3 is 0 Å². The van der Waals surface area contributed by atoms with Gasteiger partial charge in [0.15, 0.2) is 0 Å². The molecule has 0 bridgehead atoms. The molecule has 0 N–H and O–H groups in total. The molecule has 54 heavy (non-hydrogen) atoms. The Labute approximate surface area is 312 Å². The van der Waals surface area contributed by atoms with E-state index < -0.39 is 0 Å². The number of hydrogen-bond acceptors (Lipinski definition) is 1. The molecule has 11 rings (SSSR count). The number of aromatic nitrogens is 3. The second kappa shape index (κ2) is 12.2. The first kappa shape index (κ1) is 30.4. The summed E-state index contributed by atoms with van der Waals surface area (Å²) in [7, 11) is 0. The molecular formula is C51H33N3. The van der Waals surface area contributed by atoms with Gasteiger partial charge in [-0.15, -0.1) is 0 Å². The molecule has 8 aromatic carbocycles. The molecule has 0 saturated carbocycles. The first-order chi connectivity index (χ1) is 26.8. The first-order valence-electron chi connectivity index (χ1n) is 18.5. The molecule has 3 heterocycles. The lowest BCUT2D eigenvalue weighted by atomic mass is 9.99. The standard InChI is InChI=1S/C51H33N3/c1-4-14-34(15-5-1)38-24-27-42-45-31-37(36-25-28-48-44(30-36)41-21-11-13-23-47(41)53(48)39-18-8-3-9-19-39)26-29-49(45)54(50(42)32-38)51-33-43(35-16-6-2-7-17-35)40-20-10-12-22-46(40)52-51/h1-33H. The molecule has 3 aromatic heterocycles. The molecule has 0 spiro atoms. The molecule has 0 unspecified atom stereocenters. The zero-order valence-electron chi connectivity index (χ0n) is 29.4. The van der Waals surface area contributed by atoms with Gasteiger partial charge in [-0.2, -0.15) is 0 Å². The third-order valence-electron chi connectivity index (χ3n) is 10.9. The second-order valence-corrected chi connectivity index (χ2v) is 14.0. The maximum absolute atomic E-state index is 5.34. The fourth-order valence-corrected chi connectivity index (χ4v) is 8.40. The van der Waals surface area contributed by atoms with Gasteiger partial charge in [0.1, 0.15) is 5.82 Å². The Morgan fingerprint density at radius 3 is 1.54 bits per heavy atom. The van der Waals surface area contributed by atoms with Gasteiger partial charge in [0, 0.05) is 32.6 Å². The van der Waals surface area contributed by atoms with Gasteiger partial charge in [-0.1, -0.05) is 140 Å². The summed E-state index contributed by atoms with van der Waals surface area (Å²) < 4.78 is 4.73. The van der Waals surface area contributed by atoms with E-state index in [1.54, 1.807) is 0 Å². The van der Waals surface area contributed by atoms with Crippen LogP contribution in [0.2, 0.25) is 0 Å². The minimum Gasteiger partial charge on any atom is -0.309 e. The Hall–Kier alpha value is -7.23. The highest BCUT2D eigenvalue weighted by molar-refractivity contribution is 6.13. The summed E-state index contributed by atoms with van der Waals surface area (Å²) in [6.45, 7) is 0. The lowest BCUT2D eigenvalue weighted by molar-refractivity contribution is 1.10. The predicted octanol–water partition coefficient (Wildman–Crippen LogP) is 13.4. The Kier molecular flexibility index (Phi) is 6.86. The van der Waals surface area contributed by atoms with E-state index in [-0.39, 0.29) is 0 Å². The number of hydrogen-bond donors (Lipinski definition) is 0. The van der Waals surface area contributed by atoms with Crippen LogP contribution in [0.3, 0.4) is 0 Å². The van der Waals surface area contributed by atoms with E-state index in [4.69, 9.17) is 4.98 Å². The van der Waals surface area contributed by atoms with Gasteiger partial charge in [-0.05, 0) is 94.0 Å². The summed E-state index contributed by atoms with van der Waals surface area (Å²) in [5.41, 5.74) is 13.9. The molecule has 0 radical (unpaired) electrons. The van der Waals surface area contributed by atoms with E-state index >= 15 is 0 Å². The third kappa shape index (κ3) is 4.79. The summed E-state index contributed by atoms with van der Waals surface area (Å²) in [5.74, 6) is 0.903. The molecule has 11 aromatic rings. The fraction of sp³-hybridized carbons (Fsp3) is 0. The number of rotatable bonds is 5. The highest BCUT2D eigenvalue weighted by Crippen LogP contribution is 2.40. The van der Waals surface area contributed by atoms with Crippen LogP contribution >= 0.6 is 0 Å². The van der Waals surface area contributed by atoms with Gasteiger partial charge in [-0.3, -0.25) is 4.57 Å². The van der Waals surface area contributed by atoms with Gasteiger partial charge in [-0.25, -0.2) is 4.98 Å². The van der Waals surface area contributed by atoms with Crippen LogP contribution in [0.4, 0.5) is 0 Å². The highest BCUT2D eigenvalue weighted by atomic mass is 15.1. The van der Waals surface area contributed by atoms with Crippen molar-refractivity contribution in [3.05, 3.63) is 200 Å². The first-order valence-corrected chi connectivity index (χ1v) is 18.5. The van der Waals surface area contributed by atoms with Crippen molar-refractivity contribution >= 4 is 54.5 Å². The minimum absolute atomic E-state index is 0.903. The second-order valence-electron chi connectivity index (χ2n) is 14.0. The van der Waals surface area contributed by atoms with Crippen molar-refractivity contribution < 1.29 is 0 Å². The number of para-hydroxylation sites is 3. The smallest absolute Gasteiger partial charge is 0.138 e. The van der Waals surface area contributed by atoms with Crippen LogP contribution in [-0.2, 0) is 0 Å². The molecule has 252 valence electrons. The predicted molar refractivity (Wildman–Crippen MR) is 227 cm³/mol. The van der Waals surface area contributed by atoms with Crippen molar-refractivity contribution in [2.45, 2.75) is 0 Å². The van der Waals surface area contributed by atoms with Crippen molar-refractivity contribution in [3.63, 3.8) is 0 Å². The van der Waals surface area contributed by atoms with Gasteiger partial charge in [0.05, 0.1) is 27.6 Å². The number of nitrogens with zero attached hydrogens (tertiary/aromatic N) is 3. The van der Waals surface area contributed by atoms with E-state index in [0.29, 0.717) is 0 Å². The van der Waals surface area contributed by atoms with E-state index in [1.165, 1.54) is 71.6 Å². The van der Waals surface area contributed by atoms with Crippen LogP contribution in [0.1, 0.15) is 0 Å². The number of benzene rings is 8. The normalized spacial score (nSPS) is 11.7. The van der Waals surface area contributed by atoms with Crippen LogP contribution in [0.5, 0.6) is 0 Å². The molecule has 3 heteroatoms. The van der Waals surface area contributed by atoms with Crippen molar-refractivity contribution in [3.8, 4) is 44.9 Å². The summed E-state index contributed by atoms with van der Waals surface area (Å²) in [5, 5.41) is 6.04. The van der Waals surface area contributed by atoms with Crippen LogP contribution in [-0.4, -0.2) is 14.1 Å². The Balaban J connectivity index is 1.15. The zero-order chi connectivity index (χ0) is 35.6. The SMILES string of the molecule is c1ccc(-c2ccc3c4cc(-c5ccc6c(c5)c5ccccc5n6-c5ccccc5)ccc4n(-c4cc(-c5ccccc5)c5ccccc5n4)c3c2)cc1. The Bertz CT molecular complexity index is 3190. The molecular weight excluding hydrogens is 655 g/mol. The van der Waals surface area contributed by atoms with Crippen molar-refractivity contribution in [2.75, 3.05) is 0 Å². The van der Waals surface area contributed by atoms with Crippen LogP contribution < -0.4 is 0 Å². The minimum atomic E-state index is 0.903. The van der Waals surface area contributed by atoms with E-state index in [9.17, 15) is 0 Å². The zero-order valence-corrected chi connectivity index (χ0v) is 29.4. The summed E-state index contributed by atoms with van der Waals surface area (Å²) >= 11 is 0. The molecule has 0 aliphatic carbocycles. The Morgan fingerprint density at radius 2 is 0.815 bits per heavy atom. The molecule has 0 amide bonds. The van der Waals surface area contributed by atoms with Gasteiger partial charge in [0.25, 0.3) is 0 Å². The van der Waals surface area contributed by atoms with E-state index in [2.05, 4.69) is 209 Å². The van der Waals surface area contributed by atoms with Crippen molar-refractivity contribution in [2.24, 2.45) is 0 Å². The van der Waals surface area contributed by atoms with Crippen LogP contribution in [0.15, 0.2) is 200 Å². The van der Waals surface area contributed by atoms with Crippen molar-refractivity contribution in [1.29, 1.82) is 0 Å². The lowest BCUT2D eigenvalue weighted by Gasteiger charge is -2.13. The highest BCUT2D eigenvalue weighted by Gasteiger charge is 2.19. The average molecular weight is 688 g/mol. The van der Waals surface area contributed by atoms with E-state index in [1.807, 2.05) is 0 Å². The molecule has 0 fully saturated rings. The Morgan fingerprint density at radius 1 is 0.296 bits per heavy atom. The van der Waals surface area contributed by atoms with Crippen LogP contribution in [0, 0.1) is 0 Å². The third-order valence-corrected chi connectivity index (χ3v) is 10.9. The molecule has 0 aliphatic rings. The summed E-state index contributed by atoms with van der Waals surface area (Å²) in [6, 6.07) is 72.1. The summed E-state index contributed by atoms with van der Waals surface area (Å²) in [6.07, 6.45) is 0. The molecule has 3 nitrogen and oxygen atoms in total. The maximum atomic E-state index is 5.34. The van der Waals surface area contributed by atoms with Crippen LogP contribution in [0.25, 0.3) is 99.4 Å².